The second-order valence-corrected chi connectivity index (χ2v) is 10.9. The standard InChI is InChI=1S/C34H44N2O5/c1-25(2)11-9-12-26(3)19-20-36-31-18-17-29(41-5)23-30(31)34(40,33(36)39)27(4)13-10-16-32(38)35(21-22-37)24-28-14-7-6-8-15-28/h6-8,10-11,13-15,17-19,23,27,37,40H,9,12,16,20-22,24H2,1-5H3/b13-10+,26-19+/t27-,34+/m0/s1. The van der Waals surface area contributed by atoms with E-state index in [1.54, 1.807) is 48.1 Å². The number of amides is 2. The maximum absolute atomic E-state index is 13.8. The third-order valence-corrected chi connectivity index (χ3v) is 7.51. The highest BCUT2D eigenvalue weighted by atomic mass is 16.5. The molecular weight excluding hydrogens is 516 g/mol. The first-order valence-corrected chi connectivity index (χ1v) is 14.2. The van der Waals surface area contributed by atoms with Crippen molar-refractivity contribution in [2.24, 2.45) is 5.92 Å². The van der Waals surface area contributed by atoms with Gasteiger partial charge in [-0.05, 0) is 57.4 Å². The van der Waals surface area contributed by atoms with Crippen LogP contribution in [0, 0.1) is 5.92 Å². The molecule has 7 heteroatoms. The number of rotatable bonds is 14. The van der Waals surface area contributed by atoms with Crippen LogP contribution in [0.1, 0.15) is 58.1 Å². The molecule has 2 amide bonds. The summed E-state index contributed by atoms with van der Waals surface area (Å²) in [5, 5.41) is 21.4. The summed E-state index contributed by atoms with van der Waals surface area (Å²) in [6.07, 6.45) is 9.59. The Morgan fingerprint density at radius 2 is 1.85 bits per heavy atom. The first-order valence-electron chi connectivity index (χ1n) is 14.2. The van der Waals surface area contributed by atoms with Crippen molar-refractivity contribution in [1.82, 2.24) is 4.90 Å². The van der Waals surface area contributed by atoms with Gasteiger partial charge in [-0.15, -0.1) is 0 Å². The van der Waals surface area contributed by atoms with Crippen molar-refractivity contribution in [3.05, 3.63) is 95.1 Å². The summed E-state index contributed by atoms with van der Waals surface area (Å²) in [6, 6.07) is 14.9. The lowest BCUT2D eigenvalue weighted by Gasteiger charge is -2.27. The fraction of sp³-hybridized carbons (Fsp3) is 0.412. The first-order chi connectivity index (χ1) is 19.6. The molecule has 1 aliphatic heterocycles. The number of aliphatic hydroxyl groups excluding tert-OH is 1. The van der Waals surface area contributed by atoms with Gasteiger partial charge in [-0.1, -0.05) is 72.7 Å². The number of hydrogen-bond donors (Lipinski definition) is 2. The van der Waals surface area contributed by atoms with E-state index in [4.69, 9.17) is 4.74 Å². The highest BCUT2D eigenvalue weighted by Crippen LogP contribution is 2.46. The SMILES string of the molecule is COc1ccc2c(c1)[C@](O)([C@@H](C)/C=C/CC(=O)N(CCO)Cc1ccccc1)C(=O)N2C/C=C(\C)CCC=C(C)C. The minimum atomic E-state index is -1.80. The molecular formula is C34H44N2O5. The average molecular weight is 561 g/mol. The van der Waals surface area contributed by atoms with Gasteiger partial charge in [0.25, 0.3) is 5.91 Å². The highest BCUT2D eigenvalue weighted by Gasteiger charge is 2.52. The second kappa shape index (κ2) is 14.8. The Morgan fingerprint density at radius 3 is 2.51 bits per heavy atom. The van der Waals surface area contributed by atoms with Gasteiger partial charge in [0, 0.05) is 37.5 Å². The lowest BCUT2D eigenvalue weighted by Crippen LogP contribution is -2.44. The lowest BCUT2D eigenvalue weighted by atomic mass is 9.83. The van der Waals surface area contributed by atoms with Gasteiger partial charge in [-0.25, -0.2) is 0 Å². The van der Waals surface area contributed by atoms with Crippen molar-refractivity contribution in [2.75, 3.05) is 31.7 Å². The fourth-order valence-corrected chi connectivity index (χ4v) is 5.03. The lowest BCUT2D eigenvalue weighted by molar-refractivity contribution is -0.139. The first kappa shape index (κ1) is 31.8. The van der Waals surface area contributed by atoms with Crippen LogP contribution in [0.5, 0.6) is 5.75 Å². The molecule has 3 rings (SSSR count). The van der Waals surface area contributed by atoms with Crippen molar-refractivity contribution >= 4 is 17.5 Å². The molecule has 0 bridgehead atoms. The van der Waals surface area contributed by atoms with Gasteiger partial charge in [-0.2, -0.15) is 0 Å². The molecule has 1 aliphatic rings. The van der Waals surface area contributed by atoms with E-state index in [0.717, 1.165) is 18.4 Å². The van der Waals surface area contributed by atoms with Crippen molar-refractivity contribution < 1.29 is 24.5 Å². The van der Waals surface area contributed by atoms with Gasteiger partial charge in [-0.3, -0.25) is 9.59 Å². The molecule has 41 heavy (non-hydrogen) atoms. The molecule has 0 aliphatic carbocycles. The predicted molar refractivity (Wildman–Crippen MR) is 164 cm³/mol. The smallest absolute Gasteiger partial charge is 0.264 e. The number of methoxy groups -OCH3 is 1. The van der Waals surface area contributed by atoms with Gasteiger partial charge in [0.1, 0.15) is 5.75 Å². The van der Waals surface area contributed by atoms with E-state index in [-0.39, 0.29) is 25.5 Å². The molecule has 0 saturated carbocycles. The zero-order valence-electron chi connectivity index (χ0n) is 25.0. The summed E-state index contributed by atoms with van der Waals surface area (Å²) in [6.45, 7) is 8.83. The van der Waals surface area contributed by atoms with Gasteiger partial charge < -0.3 is 24.7 Å². The molecule has 2 aromatic carbocycles. The number of aliphatic hydroxyl groups is 2. The highest BCUT2D eigenvalue weighted by molar-refractivity contribution is 6.07. The van der Waals surface area contributed by atoms with Gasteiger partial charge in [0.15, 0.2) is 5.60 Å². The van der Waals surface area contributed by atoms with Crippen LogP contribution >= 0.6 is 0 Å². The normalized spacial score (nSPS) is 17.5. The Kier molecular flexibility index (Phi) is 11.5. The minimum absolute atomic E-state index is 0.0870. The molecule has 1 heterocycles. The Morgan fingerprint density at radius 1 is 1.12 bits per heavy atom. The summed E-state index contributed by atoms with van der Waals surface area (Å²) in [5.74, 6) is -0.601. The molecule has 0 fully saturated rings. The number of fused-ring (bicyclic) bond motifs is 1. The summed E-state index contributed by atoms with van der Waals surface area (Å²) >= 11 is 0. The van der Waals surface area contributed by atoms with Gasteiger partial charge >= 0.3 is 0 Å². The molecule has 0 aromatic heterocycles. The Balaban J connectivity index is 1.78. The Labute approximate surface area is 244 Å². The number of ether oxygens (including phenoxy) is 1. The molecule has 2 aromatic rings. The van der Waals surface area contributed by atoms with Crippen molar-refractivity contribution in [3.63, 3.8) is 0 Å². The number of carbonyl (C=O) groups is 2. The number of benzene rings is 2. The van der Waals surface area contributed by atoms with Gasteiger partial charge in [0.2, 0.25) is 5.91 Å². The van der Waals surface area contributed by atoms with Crippen molar-refractivity contribution in [1.29, 1.82) is 0 Å². The van der Waals surface area contributed by atoms with Crippen molar-refractivity contribution in [3.8, 4) is 5.75 Å². The topological polar surface area (TPSA) is 90.3 Å². The Bertz CT molecular complexity index is 1280. The van der Waals surface area contributed by atoms with E-state index in [1.807, 2.05) is 42.5 Å². The molecule has 220 valence electrons. The average Bonchev–Trinajstić information content (AvgIpc) is 3.17. The molecule has 2 N–H and O–H groups in total. The zero-order valence-corrected chi connectivity index (χ0v) is 25.0. The Hall–Kier alpha value is -3.68. The zero-order chi connectivity index (χ0) is 30.0. The van der Waals surface area contributed by atoms with E-state index < -0.39 is 17.4 Å². The largest absolute Gasteiger partial charge is 0.497 e. The van der Waals surface area contributed by atoms with E-state index in [0.29, 0.717) is 30.1 Å². The summed E-state index contributed by atoms with van der Waals surface area (Å²) < 4.78 is 5.41. The van der Waals surface area contributed by atoms with Crippen LogP contribution in [0.4, 0.5) is 5.69 Å². The minimum Gasteiger partial charge on any atom is -0.497 e. The second-order valence-electron chi connectivity index (χ2n) is 10.9. The predicted octanol–water partition coefficient (Wildman–Crippen LogP) is 5.53. The third kappa shape index (κ3) is 7.96. The number of allylic oxidation sites excluding steroid dienone is 3. The fourth-order valence-electron chi connectivity index (χ4n) is 5.03. The number of hydrogen-bond acceptors (Lipinski definition) is 5. The third-order valence-electron chi connectivity index (χ3n) is 7.51. The maximum atomic E-state index is 13.8. The number of carbonyl (C=O) groups excluding carboxylic acids is 2. The van der Waals surface area contributed by atoms with Crippen LogP contribution in [-0.4, -0.2) is 53.7 Å². The van der Waals surface area contributed by atoms with Crippen molar-refractivity contribution in [2.45, 2.75) is 59.1 Å². The number of anilines is 1. The monoisotopic (exact) mass is 560 g/mol. The van der Waals surface area contributed by atoms with E-state index in [2.05, 4.69) is 26.8 Å². The molecule has 2 atom stereocenters. The van der Waals surface area contributed by atoms with E-state index >= 15 is 0 Å². The van der Waals surface area contributed by atoms with Crippen LogP contribution < -0.4 is 9.64 Å². The van der Waals surface area contributed by atoms with Gasteiger partial charge in [0.05, 0.1) is 19.4 Å². The van der Waals surface area contributed by atoms with Crippen LogP contribution in [0.25, 0.3) is 0 Å². The number of nitrogens with zero attached hydrogens (tertiary/aromatic N) is 2. The molecule has 7 nitrogen and oxygen atoms in total. The van der Waals surface area contributed by atoms with E-state index in [1.165, 1.54) is 11.1 Å². The quantitative estimate of drug-likeness (QED) is 0.297. The van der Waals surface area contributed by atoms with Crippen LogP contribution in [-0.2, 0) is 21.7 Å². The summed E-state index contributed by atoms with van der Waals surface area (Å²) in [7, 11) is 1.55. The van der Waals surface area contributed by atoms with Crippen LogP contribution in [0.2, 0.25) is 0 Å². The summed E-state index contributed by atoms with van der Waals surface area (Å²) in [4.78, 5) is 30.0. The van der Waals surface area contributed by atoms with E-state index in [9.17, 15) is 19.8 Å². The summed E-state index contributed by atoms with van der Waals surface area (Å²) in [5.41, 5.74) is 2.77. The maximum Gasteiger partial charge on any atom is 0.264 e. The van der Waals surface area contributed by atoms with Crippen LogP contribution in [0.3, 0.4) is 0 Å². The molecule has 0 radical (unpaired) electrons. The molecule has 0 unspecified atom stereocenters. The molecule has 0 saturated heterocycles. The van der Waals surface area contributed by atoms with Crippen LogP contribution in [0.15, 0.2) is 84.0 Å². The molecule has 0 spiro atoms.